The molecule has 0 amide bonds. The Morgan fingerprint density at radius 3 is 2.95 bits per heavy atom. The van der Waals surface area contributed by atoms with Gasteiger partial charge < -0.3 is 14.8 Å². The molecule has 0 bridgehead atoms. The van der Waals surface area contributed by atoms with Crippen molar-refractivity contribution < 1.29 is 9.47 Å². The summed E-state index contributed by atoms with van der Waals surface area (Å²) in [7, 11) is 1.69. The number of methoxy groups -OCH3 is 1. The fraction of sp³-hybridized carbons (Fsp3) is 0.200. The van der Waals surface area contributed by atoms with Crippen LogP contribution in [0.1, 0.15) is 11.6 Å². The molecule has 1 heterocycles. The van der Waals surface area contributed by atoms with Gasteiger partial charge in [-0.2, -0.15) is 0 Å². The zero-order chi connectivity index (χ0) is 13.2. The van der Waals surface area contributed by atoms with E-state index >= 15 is 0 Å². The van der Waals surface area contributed by atoms with E-state index in [-0.39, 0.29) is 6.04 Å². The summed E-state index contributed by atoms with van der Waals surface area (Å²) >= 11 is 3.45. The largest absolute Gasteiger partial charge is 0.496 e. The van der Waals surface area contributed by atoms with Crippen molar-refractivity contribution in [1.82, 2.24) is 0 Å². The zero-order valence-corrected chi connectivity index (χ0v) is 12.1. The maximum Gasteiger partial charge on any atom is 0.143 e. The van der Waals surface area contributed by atoms with Crippen molar-refractivity contribution in [1.29, 1.82) is 0 Å². The first-order valence-corrected chi connectivity index (χ1v) is 6.89. The number of ether oxygens (including phenoxy) is 2. The van der Waals surface area contributed by atoms with Gasteiger partial charge in [-0.1, -0.05) is 34.1 Å². The zero-order valence-electron chi connectivity index (χ0n) is 10.5. The van der Waals surface area contributed by atoms with E-state index in [1.54, 1.807) is 7.11 Å². The molecule has 1 aliphatic heterocycles. The number of fused-ring (bicyclic) bond motifs is 1. The Morgan fingerprint density at radius 2 is 2.11 bits per heavy atom. The molecule has 1 atom stereocenters. The molecule has 0 saturated carbocycles. The summed E-state index contributed by atoms with van der Waals surface area (Å²) in [6, 6.07) is 14.1. The Kier molecular flexibility index (Phi) is 3.34. The highest BCUT2D eigenvalue weighted by molar-refractivity contribution is 9.10. The van der Waals surface area contributed by atoms with Crippen molar-refractivity contribution in [2.45, 2.75) is 6.04 Å². The molecule has 0 fully saturated rings. The predicted molar refractivity (Wildman–Crippen MR) is 79.0 cm³/mol. The minimum Gasteiger partial charge on any atom is -0.496 e. The molecule has 0 radical (unpaired) electrons. The second-order valence-electron chi connectivity index (χ2n) is 4.39. The molecule has 98 valence electrons. The van der Waals surface area contributed by atoms with Gasteiger partial charge in [-0.05, 0) is 24.3 Å². The highest BCUT2D eigenvalue weighted by Gasteiger charge is 2.22. The summed E-state index contributed by atoms with van der Waals surface area (Å²) < 4.78 is 12.2. The van der Waals surface area contributed by atoms with Crippen molar-refractivity contribution in [2.75, 3.05) is 19.0 Å². The summed E-state index contributed by atoms with van der Waals surface area (Å²) in [6.45, 7) is 0.587. The van der Waals surface area contributed by atoms with Gasteiger partial charge >= 0.3 is 0 Å². The Labute approximate surface area is 120 Å². The number of hydrogen-bond acceptors (Lipinski definition) is 3. The fourth-order valence-electron chi connectivity index (χ4n) is 2.26. The Hall–Kier alpha value is -1.68. The molecule has 4 heteroatoms. The van der Waals surface area contributed by atoms with E-state index in [9.17, 15) is 0 Å². The van der Waals surface area contributed by atoms with Crippen molar-refractivity contribution in [2.24, 2.45) is 0 Å². The second kappa shape index (κ2) is 5.13. The SMILES string of the molecule is COc1ccccc1C1COc2cc(Br)ccc2N1. The van der Waals surface area contributed by atoms with Crippen LogP contribution in [0.5, 0.6) is 11.5 Å². The Balaban J connectivity index is 1.91. The molecule has 0 aromatic heterocycles. The highest BCUT2D eigenvalue weighted by atomic mass is 79.9. The van der Waals surface area contributed by atoms with Crippen LogP contribution in [0.4, 0.5) is 5.69 Å². The van der Waals surface area contributed by atoms with Gasteiger partial charge in [-0.15, -0.1) is 0 Å². The monoisotopic (exact) mass is 319 g/mol. The van der Waals surface area contributed by atoms with Crippen LogP contribution in [-0.4, -0.2) is 13.7 Å². The molecule has 1 unspecified atom stereocenters. The number of nitrogens with one attached hydrogen (secondary N) is 1. The molecule has 0 spiro atoms. The van der Waals surface area contributed by atoms with Crippen LogP contribution in [-0.2, 0) is 0 Å². The standard InChI is InChI=1S/C15H14BrNO2/c1-18-14-5-3-2-4-11(14)13-9-19-15-8-10(16)6-7-12(15)17-13/h2-8,13,17H,9H2,1H3. The number of benzene rings is 2. The molecular weight excluding hydrogens is 306 g/mol. The number of rotatable bonds is 2. The molecule has 1 N–H and O–H groups in total. The normalized spacial score (nSPS) is 17.1. The van der Waals surface area contributed by atoms with Gasteiger partial charge in [0, 0.05) is 10.0 Å². The van der Waals surface area contributed by atoms with Crippen molar-refractivity contribution in [3.8, 4) is 11.5 Å². The van der Waals surface area contributed by atoms with Crippen LogP contribution in [0.15, 0.2) is 46.9 Å². The highest BCUT2D eigenvalue weighted by Crippen LogP contribution is 2.37. The third-order valence-corrected chi connectivity index (χ3v) is 3.69. The quantitative estimate of drug-likeness (QED) is 0.907. The lowest BCUT2D eigenvalue weighted by molar-refractivity contribution is 0.282. The number of hydrogen-bond donors (Lipinski definition) is 1. The minimum absolute atomic E-state index is 0.102. The number of anilines is 1. The first-order valence-electron chi connectivity index (χ1n) is 6.10. The topological polar surface area (TPSA) is 30.5 Å². The summed E-state index contributed by atoms with van der Waals surface area (Å²) in [5.41, 5.74) is 2.11. The lowest BCUT2D eigenvalue weighted by Crippen LogP contribution is -2.24. The third-order valence-electron chi connectivity index (χ3n) is 3.19. The Morgan fingerprint density at radius 1 is 1.26 bits per heavy atom. The molecule has 1 aliphatic rings. The van der Waals surface area contributed by atoms with Crippen molar-refractivity contribution in [3.63, 3.8) is 0 Å². The van der Waals surface area contributed by atoms with Crippen LogP contribution in [0.25, 0.3) is 0 Å². The van der Waals surface area contributed by atoms with Crippen LogP contribution < -0.4 is 14.8 Å². The van der Waals surface area contributed by atoms with Crippen LogP contribution in [0.2, 0.25) is 0 Å². The van der Waals surface area contributed by atoms with Crippen LogP contribution in [0.3, 0.4) is 0 Å². The van der Waals surface area contributed by atoms with Gasteiger partial charge in [0.05, 0.1) is 18.8 Å². The van der Waals surface area contributed by atoms with Crippen LogP contribution >= 0.6 is 15.9 Å². The maximum atomic E-state index is 5.82. The smallest absolute Gasteiger partial charge is 0.143 e. The van der Waals surface area contributed by atoms with E-state index in [1.165, 1.54) is 0 Å². The molecule has 2 aromatic rings. The fourth-order valence-corrected chi connectivity index (χ4v) is 2.60. The summed E-state index contributed by atoms with van der Waals surface area (Å²) in [5.74, 6) is 1.75. The lowest BCUT2D eigenvalue weighted by Gasteiger charge is -2.28. The van der Waals surface area contributed by atoms with Crippen LogP contribution in [0, 0.1) is 0 Å². The van der Waals surface area contributed by atoms with Crippen molar-refractivity contribution >= 4 is 21.6 Å². The third kappa shape index (κ3) is 2.40. The maximum absolute atomic E-state index is 5.82. The summed E-state index contributed by atoms with van der Waals surface area (Å²) in [4.78, 5) is 0. The lowest BCUT2D eigenvalue weighted by atomic mass is 10.0. The average molecular weight is 320 g/mol. The van der Waals surface area contributed by atoms with E-state index in [2.05, 4.69) is 27.3 Å². The van der Waals surface area contributed by atoms with E-state index in [0.717, 1.165) is 27.2 Å². The molecule has 0 saturated heterocycles. The average Bonchev–Trinajstić information content (AvgIpc) is 2.46. The molecule has 3 rings (SSSR count). The van der Waals surface area contributed by atoms with Gasteiger partial charge in [0.1, 0.15) is 18.1 Å². The molecule has 19 heavy (non-hydrogen) atoms. The van der Waals surface area contributed by atoms with Gasteiger partial charge in [-0.25, -0.2) is 0 Å². The van der Waals surface area contributed by atoms with E-state index in [4.69, 9.17) is 9.47 Å². The van der Waals surface area contributed by atoms with E-state index in [0.29, 0.717) is 6.61 Å². The van der Waals surface area contributed by atoms with E-state index < -0.39 is 0 Å². The number of halogens is 1. The number of para-hydroxylation sites is 1. The second-order valence-corrected chi connectivity index (χ2v) is 5.31. The summed E-state index contributed by atoms with van der Waals surface area (Å²) in [5, 5.41) is 3.49. The van der Waals surface area contributed by atoms with Gasteiger partial charge in [0.25, 0.3) is 0 Å². The van der Waals surface area contributed by atoms with Gasteiger partial charge in [0.15, 0.2) is 0 Å². The molecular formula is C15H14BrNO2. The Bertz CT molecular complexity index is 600. The molecule has 3 nitrogen and oxygen atoms in total. The minimum atomic E-state index is 0.102. The predicted octanol–water partition coefficient (Wildman–Crippen LogP) is 4.00. The molecule has 2 aromatic carbocycles. The van der Waals surface area contributed by atoms with E-state index in [1.807, 2.05) is 36.4 Å². The molecule has 0 aliphatic carbocycles. The first kappa shape index (κ1) is 12.4. The van der Waals surface area contributed by atoms with Gasteiger partial charge in [-0.3, -0.25) is 0 Å². The van der Waals surface area contributed by atoms with Crippen molar-refractivity contribution in [3.05, 3.63) is 52.5 Å². The van der Waals surface area contributed by atoms with Gasteiger partial charge in [0.2, 0.25) is 0 Å². The first-order chi connectivity index (χ1) is 9.28. The summed E-state index contributed by atoms with van der Waals surface area (Å²) in [6.07, 6.45) is 0.